The van der Waals surface area contributed by atoms with E-state index in [0.29, 0.717) is 6.54 Å². The molecule has 2 heterocycles. The average molecular weight is 395 g/mol. The van der Waals surface area contributed by atoms with Crippen molar-refractivity contribution in [3.8, 4) is 11.5 Å². The fourth-order valence-corrected chi connectivity index (χ4v) is 3.70. The van der Waals surface area contributed by atoms with Crippen molar-refractivity contribution < 1.29 is 9.53 Å². The SMILES string of the molecule is O=C(Nc1ccc(Oc2ccccc2)cc1)N1C=Cc2[nH]c3ccccc3c2CC1. The van der Waals surface area contributed by atoms with Gasteiger partial charge < -0.3 is 19.9 Å². The van der Waals surface area contributed by atoms with Gasteiger partial charge >= 0.3 is 6.03 Å². The Kier molecular flexibility index (Phi) is 4.69. The van der Waals surface area contributed by atoms with Gasteiger partial charge in [-0.15, -0.1) is 0 Å². The summed E-state index contributed by atoms with van der Waals surface area (Å²) >= 11 is 0. The highest BCUT2D eigenvalue weighted by Crippen LogP contribution is 2.27. The lowest BCUT2D eigenvalue weighted by Gasteiger charge is -2.18. The standard InChI is InChI=1S/C25H21N3O2/c29-25(26-18-10-12-20(13-11-18)30-19-6-2-1-3-7-19)28-16-14-22-21-8-4-5-9-23(21)27-24(22)15-17-28/h1-13,15,17,27H,14,16H2,(H,26,29). The molecule has 0 fully saturated rings. The van der Waals surface area contributed by atoms with E-state index in [2.05, 4.69) is 22.4 Å². The van der Waals surface area contributed by atoms with Crippen molar-refractivity contribution in [1.82, 2.24) is 9.88 Å². The van der Waals surface area contributed by atoms with Crippen LogP contribution in [-0.2, 0) is 6.42 Å². The Labute approximate surface area is 174 Å². The molecule has 5 heteroatoms. The van der Waals surface area contributed by atoms with Crippen LogP contribution >= 0.6 is 0 Å². The van der Waals surface area contributed by atoms with Gasteiger partial charge in [-0.3, -0.25) is 0 Å². The van der Waals surface area contributed by atoms with Gasteiger partial charge in [-0.2, -0.15) is 0 Å². The maximum absolute atomic E-state index is 12.8. The van der Waals surface area contributed by atoms with Crippen molar-refractivity contribution in [2.45, 2.75) is 6.42 Å². The molecule has 5 nitrogen and oxygen atoms in total. The second kappa shape index (κ2) is 7.79. The molecule has 0 bridgehead atoms. The van der Waals surface area contributed by atoms with Crippen LogP contribution in [0.4, 0.5) is 10.5 Å². The quantitative estimate of drug-likeness (QED) is 0.445. The van der Waals surface area contributed by atoms with E-state index in [4.69, 9.17) is 4.74 Å². The van der Waals surface area contributed by atoms with Crippen LogP contribution in [0.3, 0.4) is 0 Å². The summed E-state index contributed by atoms with van der Waals surface area (Å²) in [6.45, 7) is 0.617. The maximum Gasteiger partial charge on any atom is 0.325 e. The van der Waals surface area contributed by atoms with Gasteiger partial charge in [0, 0.05) is 35.0 Å². The molecule has 148 valence electrons. The highest BCUT2D eigenvalue weighted by atomic mass is 16.5. The molecule has 0 aliphatic carbocycles. The first-order valence-corrected chi connectivity index (χ1v) is 9.95. The zero-order valence-corrected chi connectivity index (χ0v) is 16.3. The number of nitrogens with one attached hydrogen (secondary N) is 2. The Balaban J connectivity index is 1.25. The van der Waals surface area contributed by atoms with Crippen molar-refractivity contribution in [2.24, 2.45) is 0 Å². The summed E-state index contributed by atoms with van der Waals surface area (Å²) < 4.78 is 5.80. The van der Waals surface area contributed by atoms with Crippen molar-refractivity contribution in [1.29, 1.82) is 0 Å². The summed E-state index contributed by atoms with van der Waals surface area (Å²) in [5, 5.41) is 4.17. The number of rotatable bonds is 3. The molecule has 0 spiro atoms. The first-order valence-electron chi connectivity index (χ1n) is 9.95. The zero-order valence-electron chi connectivity index (χ0n) is 16.3. The second-order valence-electron chi connectivity index (χ2n) is 7.19. The van der Waals surface area contributed by atoms with Crippen LogP contribution in [0.2, 0.25) is 0 Å². The number of urea groups is 1. The molecule has 0 atom stereocenters. The lowest BCUT2D eigenvalue weighted by atomic mass is 10.1. The number of ether oxygens (including phenoxy) is 1. The van der Waals surface area contributed by atoms with Gasteiger partial charge in [-0.25, -0.2) is 4.79 Å². The molecule has 0 radical (unpaired) electrons. The van der Waals surface area contributed by atoms with Crippen LogP contribution in [0.25, 0.3) is 17.0 Å². The number of aromatic nitrogens is 1. The number of nitrogens with zero attached hydrogens (tertiary/aromatic N) is 1. The summed E-state index contributed by atoms with van der Waals surface area (Å²) in [5.74, 6) is 1.50. The lowest BCUT2D eigenvalue weighted by Crippen LogP contribution is -2.31. The Bertz CT molecular complexity index is 1210. The number of fused-ring (bicyclic) bond motifs is 3. The third-order valence-electron chi connectivity index (χ3n) is 5.22. The van der Waals surface area contributed by atoms with Crippen LogP contribution in [0, 0.1) is 0 Å². The van der Waals surface area contributed by atoms with Gasteiger partial charge in [0.1, 0.15) is 11.5 Å². The van der Waals surface area contributed by atoms with Gasteiger partial charge in [-0.1, -0.05) is 36.4 Å². The first kappa shape index (κ1) is 18.1. The number of hydrogen-bond donors (Lipinski definition) is 2. The molecule has 30 heavy (non-hydrogen) atoms. The summed E-state index contributed by atoms with van der Waals surface area (Å²) in [7, 11) is 0. The normalized spacial score (nSPS) is 13.0. The van der Waals surface area contributed by atoms with Crippen LogP contribution in [0.5, 0.6) is 11.5 Å². The number of aromatic amines is 1. The van der Waals surface area contributed by atoms with E-state index in [1.807, 2.05) is 79.0 Å². The fourth-order valence-electron chi connectivity index (χ4n) is 3.70. The molecule has 3 aromatic carbocycles. The van der Waals surface area contributed by atoms with Gasteiger partial charge in [0.05, 0.1) is 0 Å². The lowest BCUT2D eigenvalue weighted by molar-refractivity contribution is 0.229. The van der Waals surface area contributed by atoms with Gasteiger partial charge in [0.15, 0.2) is 0 Å². The molecule has 1 aromatic heterocycles. The minimum atomic E-state index is -0.155. The van der Waals surface area contributed by atoms with E-state index in [1.54, 1.807) is 4.90 Å². The molecular formula is C25H21N3O2. The van der Waals surface area contributed by atoms with Gasteiger partial charge in [0.25, 0.3) is 0 Å². The fraction of sp³-hybridized carbons (Fsp3) is 0.0800. The summed E-state index contributed by atoms with van der Waals surface area (Å²) in [5.41, 5.74) is 4.17. The third-order valence-corrected chi connectivity index (χ3v) is 5.22. The molecule has 1 aliphatic heterocycles. The smallest absolute Gasteiger partial charge is 0.325 e. The summed E-state index contributed by atoms with van der Waals surface area (Å²) in [6.07, 6.45) is 4.60. The molecule has 0 unspecified atom stereocenters. The van der Waals surface area contributed by atoms with Gasteiger partial charge in [0.2, 0.25) is 0 Å². The maximum atomic E-state index is 12.8. The van der Waals surface area contributed by atoms with E-state index >= 15 is 0 Å². The van der Waals surface area contributed by atoms with E-state index < -0.39 is 0 Å². The monoisotopic (exact) mass is 395 g/mol. The van der Waals surface area contributed by atoms with E-state index in [9.17, 15) is 4.79 Å². The number of H-pyrrole nitrogens is 1. The van der Waals surface area contributed by atoms with Gasteiger partial charge in [-0.05, 0) is 60.5 Å². The topological polar surface area (TPSA) is 57.4 Å². The first-order chi connectivity index (χ1) is 14.8. The highest BCUT2D eigenvalue weighted by molar-refractivity contribution is 5.92. The second-order valence-corrected chi connectivity index (χ2v) is 7.19. The predicted molar refractivity (Wildman–Crippen MR) is 120 cm³/mol. The van der Waals surface area contributed by atoms with Crippen LogP contribution in [0.15, 0.2) is 85.1 Å². The van der Waals surface area contributed by atoms with Crippen LogP contribution in [0.1, 0.15) is 11.3 Å². The molecule has 1 aliphatic rings. The molecule has 5 rings (SSSR count). The number of benzene rings is 3. The van der Waals surface area contributed by atoms with Crippen LogP contribution in [-0.4, -0.2) is 22.5 Å². The Hall–Kier alpha value is -3.99. The number of para-hydroxylation sites is 2. The number of hydrogen-bond acceptors (Lipinski definition) is 2. The van der Waals surface area contributed by atoms with Crippen LogP contribution < -0.4 is 10.1 Å². The third kappa shape index (κ3) is 3.65. The molecule has 0 saturated heterocycles. The minimum absolute atomic E-state index is 0.155. The number of anilines is 1. The molecule has 2 N–H and O–H groups in total. The minimum Gasteiger partial charge on any atom is -0.457 e. The highest BCUT2D eigenvalue weighted by Gasteiger charge is 2.18. The predicted octanol–water partition coefficient (Wildman–Crippen LogP) is 6.02. The number of carbonyl (C=O) groups is 1. The van der Waals surface area contributed by atoms with Crippen molar-refractivity contribution in [3.05, 3.63) is 96.3 Å². The Morgan fingerprint density at radius 3 is 2.47 bits per heavy atom. The Morgan fingerprint density at radius 2 is 1.63 bits per heavy atom. The van der Waals surface area contributed by atoms with E-state index in [0.717, 1.165) is 34.8 Å². The average Bonchev–Trinajstić information content (AvgIpc) is 2.99. The van der Waals surface area contributed by atoms with E-state index in [1.165, 1.54) is 10.9 Å². The van der Waals surface area contributed by atoms with E-state index in [-0.39, 0.29) is 6.03 Å². The largest absolute Gasteiger partial charge is 0.457 e. The summed E-state index contributed by atoms with van der Waals surface area (Å²) in [4.78, 5) is 17.9. The zero-order chi connectivity index (χ0) is 20.3. The van der Waals surface area contributed by atoms with Crippen molar-refractivity contribution >= 4 is 28.7 Å². The Morgan fingerprint density at radius 1 is 0.900 bits per heavy atom. The molecule has 4 aromatic rings. The number of amides is 2. The number of carbonyl (C=O) groups excluding carboxylic acids is 1. The van der Waals surface area contributed by atoms with Crippen molar-refractivity contribution in [2.75, 3.05) is 11.9 Å². The molecule has 2 amide bonds. The molecule has 0 saturated carbocycles. The summed E-state index contributed by atoms with van der Waals surface area (Å²) in [6, 6.07) is 25.1. The van der Waals surface area contributed by atoms with Crippen molar-refractivity contribution in [3.63, 3.8) is 0 Å². The molecular weight excluding hydrogens is 374 g/mol.